The van der Waals surface area contributed by atoms with Crippen molar-refractivity contribution in [3.63, 3.8) is 0 Å². The van der Waals surface area contributed by atoms with E-state index < -0.39 is 5.60 Å². The van der Waals surface area contributed by atoms with Crippen LogP contribution in [0.2, 0.25) is 0 Å². The second kappa shape index (κ2) is 4.31. The topological polar surface area (TPSA) is 55.5 Å². The number of hydrogen-bond donors (Lipinski definition) is 2. The van der Waals surface area contributed by atoms with Crippen LogP contribution >= 0.6 is 0 Å². The lowest BCUT2D eigenvalue weighted by Crippen LogP contribution is -2.45. The quantitative estimate of drug-likeness (QED) is 0.826. The highest BCUT2D eigenvalue weighted by Gasteiger charge is 2.37. The van der Waals surface area contributed by atoms with Gasteiger partial charge in [-0.15, -0.1) is 0 Å². The van der Waals surface area contributed by atoms with Crippen LogP contribution < -0.4 is 10.5 Å². The molecule has 3 N–H and O–H groups in total. The van der Waals surface area contributed by atoms with Gasteiger partial charge in [0.15, 0.2) is 0 Å². The Balaban J connectivity index is 2.21. The Bertz CT molecular complexity index is 391. The molecule has 2 rings (SSSR count). The van der Waals surface area contributed by atoms with Crippen LogP contribution in [0.3, 0.4) is 0 Å². The third kappa shape index (κ3) is 2.61. The second-order valence-electron chi connectivity index (χ2n) is 5.39. The fraction of sp³-hybridized carbons (Fsp3) is 0.571. The molecule has 0 radical (unpaired) electrons. The van der Waals surface area contributed by atoms with Gasteiger partial charge < -0.3 is 15.6 Å². The third-order valence-corrected chi connectivity index (χ3v) is 3.86. The summed E-state index contributed by atoms with van der Waals surface area (Å²) in [6.07, 6.45) is 3.13. The van der Waals surface area contributed by atoms with Crippen LogP contribution in [0.25, 0.3) is 0 Å². The predicted octanol–water partition coefficient (Wildman–Crippen LogP) is 2.17. The first-order chi connectivity index (χ1) is 7.95. The number of nitrogens with two attached hydrogens (primary N) is 1. The SMILES string of the molecule is COc1cccc(C2(N)CCC(C)(O)CC2)c1. The zero-order valence-corrected chi connectivity index (χ0v) is 10.6. The van der Waals surface area contributed by atoms with Crippen molar-refractivity contribution < 1.29 is 9.84 Å². The van der Waals surface area contributed by atoms with E-state index in [1.807, 2.05) is 31.2 Å². The van der Waals surface area contributed by atoms with E-state index in [1.165, 1.54) is 0 Å². The maximum atomic E-state index is 9.97. The van der Waals surface area contributed by atoms with Crippen molar-refractivity contribution in [1.82, 2.24) is 0 Å². The minimum Gasteiger partial charge on any atom is -0.497 e. The number of ether oxygens (including phenoxy) is 1. The summed E-state index contributed by atoms with van der Waals surface area (Å²) in [6.45, 7) is 1.89. The van der Waals surface area contributed by atoms with E-state index >= 15 is 0 Å². The van der Waals surface area contributed by atoms with Crippen molar-refractivity contribution in [2.45, 2.75) is 43.7 Å². The van der Waals surface area contributed by atoms with Gasteiger partial charge in [0.1, 0.15) is 5.75 Å². The van der Waals surface area contributed by atoms with Crippen LogP contribution in [-0.4, -0.2) is 17.8 Å². The van der Waals surface area contributed by atoms with Crippen LogP contribution in [0.1, 0.15) is 38.2 Å². The largest absolute Gasteiger partial charge is 0.497 e. The minimum atomic E-state index is -0.554. The molecule has 1 saturated carbocycles. The molecule has 3 heteroatoms. The van der Waals surface area contributed by atoms with E-state index in [0.29, 0.717) is 0 Å². The van der Waals surface area contributed by atoms with Crippen molar-refractivity contribution >= 4 is 0 Å². The van der Waals surface area contributed by atoms with Gasteiger partial charge in [-0.2, -0.15) is 0 Å². The highest BCUT2D eigenvalue weighted by Crippen LogP contribution is 2.39. The Morgan fingerprint density at radius 1 is 1.24 bits per heavy atom. The lowest BCUT2D eigenvalue weighted by Gasteiger charge is -2.40. The molecule has 0 unspecified atom stereocenters. The normalized spacial score (nSPS) is 33.4. The Hall–Kier alpha value is -1.06. The number of rotatable bonds is 2. The van der Waals surface area contributed by atoms with Crippen molar-refractivity contribution in [3.05, 3.63) is 29.8 Å². The second-order valence-corrected chi connectivity index (χ2v) is 5.39. The average molecular weight is 235 g/mol. The molecule has 1 aliphatic rings. The first-order valence-electron chi connectivity index (χ1n) is 6.11. The molecule has 0 aromatic heterocycles. The van der Waals surface area contributed by atoms with Gasteiger partial charge in [-0.1, -0.05) is 12.1 Å². The molecule has 1 aliphatic carbocycles. The molecule has 0 amide bonds. The molecular weight excluding hydrogens is 214 g/mol. The molecular formula is C14H21NO2. The highest BCUT2D eigenvalue weighted by atomic mass is 16.5. The summed E-state index contributed by atoms with van der Waals surface area (Å²) in [7, 11) is 1.66. The third-order valence-electron chi connectivity index (χ3n) is 3.86. The average Bonchev–Trinajstić information content (AvgIpc) is 2.33. The van der Waals surface area contributed by atoms with Gasteiger partial charge >= 0.3 is 0 Å². The lowest BCUT2D eigenvalue weighted by atomic mass is 9.72. The Morgan fingerprint density at radius 2 is 1.88 bits per heavy atom. The number of benzene rings is 1. The molecule has 0 bridgehead atoms. The molecule has 94 valence electrons. The molecule has 1 fully saturated rings. The number of aliphatic hydroxyl groups is 1. The zero-order valence-electron chi connectivity index (χ0n) is 10.6. The maximum Gasteiger partial charge on any atom is 0.119 e. The fourth-order valence-electron chi connectivity index (χ4n) is 2.46. The van der Waals surface area contributed by atoms with Gasteiger partial charge in [-0.05, 0) is 50.3 Å². The smallest absolute Gasteiger partial charge is 0.119 e. The molecule has 0 heterocycles. The van der Waals surface area contributed by atoms with Crippen LogP contribution in [0.4, 0.5) is 0 Å². The standard InChI is InChI=1S/C14H21NO2/c1-13(16)6-8-14(15,9-7-13)11-4-3-5-12(10-11)17-2/h3-5,10,16H,6-9,15H2,1-2H3. The van der Waals surface area contributed by atoms with Crippen molar-refractivity contribution in [3.8, 4) is 5.75 Å². The lowest BCUT2D eigenvalue weighted by molar-refractivity contribution is 0.000886. The Labute approximate surface area is 103 Å². The number of methoxy groups -OCH3 is 1. The van der Waals surface area contributed by atoms with Crippen LogP contribution in [-0.2, 0) is 5.54 Å². The van der Waals surface area contributed by atoms with E-state index in [0.717, 1.165) is 37.0 Å². The van der Waals surface area contributed by atoms with Crippen LogP contribution in [0.15, 0.2) is 24.3 Å². The van der Waals surface area contributed by atoms with Crippen LogP contribution in [0.5, 0.6) is 5.75 Å². The first-order valence-corrected chi connectivity index (χ1v) is 6.11. The predicted molar refractivity (Wildman–Crippen MR) is 68.0 cm³/mol. The van der Waals surface area contributed by atoms with Gasteiger partial charge in [-0.25, -0.2) is 0 Å². The summed E-state index contributed by atoms with van der Waals surface area (Å²) in [5.74, 6) is 0.838. The van der Waals surface area contributed by atoms with E-state index in [2.05, 4.69) is 0 Å². The highest BCUT2D eigenvalue weighted by molar-refractivity contribution is 5.33. The van der Waals surface area contributed by atoms with E-state index in [4.69, 9.17) is 10.5 Å². The van der Waals surface area contributed by atoms with Crippen molar-refractivity contribution in [2.75, 3.05) is 7.11 Å². The molecule has 1 aromatic carbocycles. The summed E-state index contributed by atoms with van der Waals surface area (Å²) in [4.78, 5) is 0. The van der Waals surface area contributed by atoms with Gasteiger partial charge in [0.2, 0.25) is 0 Å². The molecule has 17 heavy (non-hydrogen) atoms. The summed E-state index contributed by atoms with van der Waals surface area (Å²) in [5.41, 5.74) is 6.69. The fourth-order valence-corrected chi connectivity index (χ4v) is 2.46. The first kappa shape index (κ1) is 12.4. The van der Waals surface area contributed by atoms with Gasteiger partial charge in [-0.3, -0.25) is 0 Å². The Kier molecular flexibility index (Phi) is 3.15. The van der Waals surface area contributed by atoms with Crippen molar-refractivity contribution in [1.29, 1.82) is 0 Å². The Morgan fingerprint density at radius 3 is 2.47 bits per heavy atom. The summed E-state index contributed by atoms with van der Waals surface area (Å²) in [5, 5.41) is 9.97. The van der Waals surface area contributed by atoms with Gasteiger partial charge in [0.25, 0.3) is 0 Å². The molecule has 3 nitrogen and oxygen atoms in total. The van der Waals surface area contributed by atoms with Crippen LogP contribution in [0, 0.1) is 0 Å². The van der Waals surface area contributed by atoms with E-state index in [1.54, 1.807) is 7.11 Å². The summed E-state index contributed by atoms with van der Waals surface area (Å²) < 4.78 is 5.23. The van der Waals surface area contributed by atoms with E-state index in [-0.39, 0.29) is 5.54 Å². The molecule has 0 aliphatic heterocycles. The van der Waals surface area contributed by atoms with Crippen molar-refractivity contribution in [2.24, 2.45) is 5.73 Å². The van der Waals surface area contributed by atoms with Gasteiger partial charge in [0, 0.05) is 5.54 Å². The maximum absolute atomic E-state index is 9.97. The molecule has 0 atom stereocenters. The zero-order chi connectivity index (χ0) is 12.5. The number of hydrogen-bond acceptors (Lipinski definition) is 3. The minimum absolute atomic E-state index is 0.323. The van der Waals surface area contributed by atoms with E-state index in [9.17, 15) is 5.11 Å². The molecule has 1 aromatic rings. The van der Waals surface area contributed by atoms with Gasteiger partial charge in [0.05, 0.1) is 12.7 Å². The molecule has 0 spiro atoms. The summed E-state index contributed by atoms with van der Waals surface area (Å²) >= 11 is 0. The monoisotopic (exact) mass is 235 g/mol. The summed E-state index contributed by atoms with van der Waals surface area (Å²) in [6, 6.07) is 7.93. The molecule has 0 saturated heterocycles.